The van der Waals surface area contributed by atoms with E-state index in [0.717, 1.165) is 22.5 Å². The van der Waals surface area contributed by atoms with Crippen molar-refractivity contribution in [1.82, 2.24) is 9.78 Å². The molecule has 0 spiro atoms. The maximum Gasteiger partial charge on any atom is 0.269 e. The Labute approximate surface area is 111 Å². The molecule has 1 heterocycles. The number of rotatable bonds is 4. The van der Waals surface area contributed by atoms with E-state index in [1.807, 2.05) is 18.5 Å². The Balaban J connectivity index is 2.24. The fourth-order valence-electron chi connectivity index (χ4n) is 2.08. The average molecular weight is 260 g/mol. The molecule has 0 aliphatic rings. The van der Waals surface area contributed by atoms with E-state index in [9.17, 15) is 10.1 Å². The summed E-state index contributed by atoms with van der Waals surface area (Å²) >= 11 is 0. The minimum Gasteiger partial charge on any atom is -0.326 e. The topological polar surface area (TPSA) is 87.0 Å². The first kappa shape index (κ1) is 13.2. The summed E-state index contributed by atoms with van der Waals surface area (Å²) in [6, 6.07) is 6.50. The lowest BCUT2D eigenvalue weighted by Crippen LogP contribution is -2.05. The predicted octanol–water partition coefficient (Wildman–Crippen LogP) is 1.92. The molecule has 6 nitrogen and oxygen atoms in total. The van der Waals surface area contributed by atoms with E-state index in [-0.39, 0.29) is 5.69 Å². The summed E-state index contributed by atoms with van der Waals surface area (Å²) in [6.07, 6.45) is 0. The Hall–Kier alpha value is -2.21. The smallest absolute Gasteiger partial charge is 0.269 e. The van der Waals surface area contributed by atoms with Crippen LogP contribution in [0.3, 0.4) is 0 Å². The van der Waals surface area contributed by atoms with Crippen LogP contribution in [0.2, 0.25) is 0 Å². The Bertz CT molecular complexity index is 602. The molecule has 0 aliphatic carbocycles. The third-order valence-electron chi connectivity index (χ3n) is 3.21. The highest BCUT2D eigenvalue weighted by Crippen LogP contribution is 2.16. The molecule has 100 valence electrons. The molecule has 0 aliphatic heterocycles. The first-order chi connectivity index (χ1) is 9.02. The molecule has 2 N–H and O–H groups in total. The number of nitro benzene ring substituents is 1. The van der Waals surface area contributed by atoms with Gasteiger partial charge in [0.05, 0.1) is 17.2 Å². The second-order valence-corrected chi connectivity index (χ2v) is 4.43. The number of non-ortho nitro benzene ring substituents is 1. The molecule has 0 fully saturated rings. The fraction of sp³-hybridized carbons (Fsp3) is 0.308. The molecule has 2 aromatic rings. The molecule has 0 amide bonds. The van der Waals surface area contributed by atoms with Crippen molar-refractivity contribution < 1.29 is 4.92 Å². The van der Waals surface area contributed by atoms with Crippen LogP contribution in [0.1, 0.15) is 22.5 Å². The van der Waals surface area contributed by atoms with Crippen LogP contribution in [0.5, 0.6) is 0 Å². The van der Waals surface area contributed by atoms with Crippen LogP contribution in [0.15, 0.2) is 24.3 Å². The van der Waals surface area contributed by atoms with E-state index in [4.69, 9.17) is 5.73 Å². The second-order valence-electron chi connectivity index (χ2n) is 4.43. The fourth-order valence-corrected chi connectivity index (χ4v) is 2.08. The van der Waals surface area contributed by atoms with E-state index < -0.39 is 4.92 Å². The zero-order valence-electron chi connectivity index (χ0n) is 11.0. The molecule has 0 unspecified atom stereocenters. The normalized spacial score (nSPS) is 10.7. The average Bonchev–Trinajstić information content (AvgIpc) is 2.64. The summed E-state index contributed by atoms with van der Waals surface area (Å²) < 4.78 is 1.87. The van der Waals surface area contributed by atoms with Crippen LogP contribution >= 0.6 is 0 Å². The third-order valence-corrected chi connectivity index (χ3v) is 3.21. The molecule has 1 aromatic heterocycles. The molecular weight excluding hydrogens is 244 g/mol. The molecule has 1 aromatic carbocycles. The number of aromatic nitrogens is 2. The molecule has 0 radical (unpaired) electrons. The SMILES string of the molecule is Cc1nn(Cc2ccc([N+](=O)[O-])cc2)c(C)c1CN. The first-order valence-corrected chi connectivity index (χ1v) is 5.99. The van der Waals surface area contributed by atoms with Gasteiger partial charge in [0.1, 0.15) is 0 Å². The summed E-state index contributed by atoms with van der Waals surface area (Å²) in [4.78, 5) is 10.2. The highest BCUT2D eigenvalue weighted by Gasteiger charge is 2.10. The molecule has 6 heteroatoms. The number of nitrogens with zero attached hydrogens (tertiary/aromatic N) is 3. The van der Waals surface area contributed by atoms with Gasteiger partial charge in [-0.1, -0.05) is 12.1 Å². The van der Waals surface area contributed by atoms with Crippen molar-refractivity contribution in [2.75, 3.05) is 0 Å². The van der Waals surface area contributed by atoms with Crippen molar-refractivity contribution in [3.63, 3.8) is 0 Å². The Kier molecular flexibility index (Phi) is 3.62. The Morgan fingerprint density at radius 2 is 1.95 bits per heavy atom. The highest BCUT2D eigenvalue weighted by atomic mass is 16.6. The molecule has 0 bridgehead atoms. The molecule has 0 saturated heterocycles. The van der Waals surface area contributed by atoms with Gasteiger partial charge in [0.25, 0.3) is 5.69 Å². The lowest BCUT2D eigenvalue weighted by atomic mass is 10.2. The first-order valence-electron chi connectivity index (χ1n) is 5.99. The maximum absolute atomic E-state index is 10.6. The Morgan fingerprint density at radius 3 is 2.42 bits per heavy atom. The lowest BCUT2D eigenvalue weighted by molar-refractivity contribution is -0.384. The van der Waals surface area contributed by atoms with Crippen molar-refractivity contribution in [1.29, 1.82) is 0 Å². The van der Waals surface area contributed by atoms with Gasteiger partial charge in [-0.05, 0) is 19.4 Å². The van der Waals surface area contributed by atoms with Crippen LogP contribution in [0, 0.1) is 24.0 Å². The van der Waals surface area contributed by atoms with Crippen LogP contribution in [-0.2, 0) is 13.1 Å². The summed E-state index contributed by atoms with van der Waals surface area (Å²) in [5, 5.41) is 15.0. The summed E-state index contributed by atoms with van der Waals surface area (Å²) in [6.45, 7) is 4.97. The van der Waals surface area contributed by atoms with E-state index in [1.54, 1.807) is 12.1 Å². The number of benzene rings is 1. The largest absolute Gasteiger partial charge is 0.326 e. The zero-order valence-corrected chi connectivity index (χ0v) is 11.0. The van der Waals surface area contributed by atoms with Gasteiger partial charge < -0.3 is 5.73 Å². The van der Waals surface area contributed by atoms with Crippen molar-refractivity contribution in [2.24, 2.45) is 5.73 Å². The van der Waals surface area contributed by atoms with Crippen molar-refractivity contribution in [3.05, 3.63) is 56.9 Å². The number of hydrogen-bond donors (Lipinski definition) is 1. The van der Waals surface area contributed by atoms with Gasteiger partial charge >= 0.3 is 0 Å². The van der Waals surface area contributed by atoms with Crippen molar-refractivity contribution in [3.8, 4) is 0 Å². The van der Waals surface area contributed by atoms with Gasteiger partial charge in [0, 0.05) is 29.9 Å². The maximum atomic E-state index is 10.6. The van der Waals surface area contributed by atoms with Gasteiger partial charge in [-0.15, -0.1) is 0 Å². The van der Waals surface area contributed by atoms with Crippen LogP contribution < -0.4 is 5.73 Å². The number of nitrogens with two attached hydrogens (primary N) is 1. The summed E-state index contributed by atoms with van der Waals surface area (Å²) in [7, 11) is 0. The number of hydrogen-bond acceptors (Lipinski definition) is 4. The van der Waals surface area contributed by atoms with E-state index in [2.05, 4.69) is 5.10 Å². The van der Waals surface area contributed by atoms with E-state index >= 15 is 0 Å². The van der Waals surface area contributed by atoms with E-state index in [1.165, 1.54) is 12.1 Å². The summed E-state index contributed by atoms with van der Waals surface area (Å²) in [5.74, 6) is 0. The molecule has 19 heavy (non-hydrogen) atoms. The van der Waals surface area contributed by atoms with Crippen LogP contribution in [-0.4, -0.2) is 14.7 Å². The highest BCUT2D eigenvalue weighted by molar-refractivity contribution is 5.33. The third kappa shape index (κ3) is 2.63. The minimum absolute atomic E-state index is 0.0970. The van der Waals surface area contributed by atoms with Crippen molar-refractivity contribution >= 4 is 5.69 Å². The molecule has 0 saturated carbocycles. The summed E-state index contributed by atoms with van der Waals surface area (Å²) in [5.41, 5.74) is 9.78. The van der Waals surface area contributed by atoms with Crippen LogP contribution in [0.4, 0.5) is 5.69 Å². The van der Waals surface area contributed by atoms with Gasteiger partial charge in [0.2, 0.25) is 0 Å². The molecule has 2 rings (SSSR count). The number of aryl methyl sites for hydroxylation is 1. The second kappa shape index (κ2) is 5.19. The van der Waals surface area contributed by atoms with Gasteiger partial charge in [-0.2, -0.15) is 5.10 Å². The quantitative estimate of drug-likeness (QED) is 0.672. The zero-order chi connectivity index (χ0) is 14.0. The standard InChI is InChI=1S/C13H16N4O2/c1-9-13(7-14)10(2)16(15-9)8-11-3-5-12(6-4-11)17(18)19/h3-6H,7-8,14H2,1-2H3. The van der Waals surface area contributed by atoms with Crippen molar-refractivity contribution in [2.45, 2.75) is 26.9 Å². The molecule has 0 atom stereocenters. The minimum atomic E-state index is -0.403. The van der Waals surface area contributed by atoms with Gasteiger partial charge in [0.15, 0.2) is 0 Å². The molecular formula is C13H16N4O2. The lowest BCUT2D eigenvalue weighted by Gasteiger charge is -2.05. The predicted molar refractivity (Wildman–Crippen MR) is 71.8 cm³/mol. The monoisotopic (exact) mass is 260 g/mol. The Morgan fingerprint density at radius 1 is 1.32 bits per heavy atom. The van der Waals surface area contributed by atoms with Gasteiger partial charge in [-0.3, -0.25) is 14.8 Å². The van der Waals surface area contributed by atoms with Crippen LogP contribution in [0.25, 0.3) is 0 Å². The van der Waals surface area contributed by atoms with E-state index in [0.29, 0.717) is 13.1 Å². The number of nitro groups is 1. The van der Waals surface area contributed by atoms with Gasteiger partial charge in [-0.25, -0.2) is 0 Å².